The number of aliphatic hydroxyl groups is 1. The first-order chi connectivity index (χ1) is 25.5. The van der Waals surface area contributed by atoms with Crippen LogP contribution >= 0.6 is 22.7 Å². The van der Waals surface area contributed by atoms with E-state index < -0.39 is 30.1 Å². The van der Waals surface area contributed by atoms with Crippen LogP contribution in [0.1, 0.15) is 146 Å². The summed E-state index contributed by atoms with van der Waals surface area (Å²) in [7, 11) is 2.59. The lowest BCUT2D eigenvalue weighted by Crippen LogP contribution is -2.45. The van der Waals surface area contributed by atoms with Gasteiger partial charge in [0.2, 0.25) is 11.8 Å². The molecule has 0 spiro atoms. The number of ether oxygens (including phenoxy) is 2. The number of nitrogens with one attached hydrogen (secondary N) is 2. The number of carbonyl (C=O) groups excluding carboxylic acids is 4. The number of esters is 2. The summed E-state index contributed by atoms with van der Waals surface area (Å²) < 4.78 is 9.30. The van der Waals surface area contributed by atoms with Crippen LogP contribution in [-0.4, -0.2) is 77.2 Å². The second-order valence-electron chi connectivity index (χ2n) is 13.8. The minimum Gasteiger partial charge on any atom is -0.464 e. The minimum absolute atomic E-state index is 0. The van der Waals surface area contributed by atoms with E-state index in [0.29, 0.717) is 23.5 Å². The first-order valence-electron chi connectivity index (χ1n) is 17.9. The van der Waals surface area contributed by atoms with E-state index in [1.54, 1.807) is 5.38 Å². The van der Waals surface area contributed by atoms with Crippen molar-refractivity contribution in [3.05, 3.63) is 53.0 Å². The number of aliphatic hydroxyl groups excluding tert-OH is 1. The molecule has 0 aliphatic rings. The normalized spacial score (nSPS) is 14.8. The number of hydrogen-bond acceptors (Lipinski definition) is 13. The highest BCUT2D eigenvalue weighted by Crippen LogP contribution is 2.28. The average molecular weight is 825 g/mol. The van der Waals surface area contributed by atoms with Crippen molar-refractivity contribution in [3.63, 3.8) is 0 Å². The molecular formula is C37H64N10O7S2. The molecule has 2 heterocycles. The summed E-state index contributed by atoms with van der Waals surface area (Å²) in [6, 6.07) is -1.97. The van der Waals surface area contributed by atoms with Crippen LogP contribution in [0.4, 0.5) is 0 Å². The monoisotopic (exact) mass is 824 g/mol. The topological polar surface area (TPSA) is 254 Å². The summed E-state index contributed by atoms with van der Waals surface area (Å²) in [4.78, 5) is 62.3. The van der Waals surface area contributed by atoms with Crippen LogP contribution in [0.15, 0.2) is 21.0 Å². The molecule has 8 atom stereocenters. The van der Waals surface area contributed by atoms with Gasteiger partial charge in [0.15, 0.2) is 11.4 Å². The quantitative estimate of drug-likeness (QED) is 0.0498. The zero-order valence-corrected chi connectivity index (χ0v) is 34.7. The number of carbonyl (C=O) groups is 4. The fourth-order valence-corrected chi connectivity index (χ4v) is 6.76. The fourth-order valence-electron chi connectivity index (χ4n) is 5.11. The van der Waals surface area contributed by atoms with Gasteiger partial charge in [-0.25, -0.2) is 19.6 Å². The molecule has 2 aromatic heterocycles. The maximum Gasteiger partial charge on any atom is 0.357 e. The lowest BCUT2D eigenvalue weighted by molar-refractivity contribution is -0.125. The molecule has 0 aliphatic heterocycles. The maximum absolute atomic E-state index is 12.6. The smallest absolute Gasteiger partial charge is 0.357 e. The highest BCUT2D eigenvalue weighted by molar-refractivity contribution is 7.10. The van der Waals surface area contributed by atoms with Crippen LogP contribution < -0.4 is 10.6 Å². The zero-order valence-electron chi connectivity index (χ0n) is 33.0. The van der Waals surface area contributed by atoms with Gasteiger partial charge in [-0.05, 0) is 41.2 Å². The Balaban J connectivity index is 0. The molecule has 0 radical (unpaired) electrons. The Kier molecular flexibility index (Phi) is 26.3. The van der Waals surface area contributed by atoms with Gasteiger partial charge < -0.3 is 25.2 Å². The fraction of sp³-hybridized carbons (Fsp3) is 0.730. The number of nitrogens with zero attached hydrogens (tertiary/aromatic N) is 8. The molecule has 2 rings (SSSR count). The van der Waals surface area contributed by atoms with E-state index >= 15 is 0 Å². The second kappa shape index (κ2) is 27.3. The summed E-state index contributed by atoms with van der Waals surface area (Å²) >= 11 is 2.56. The van der Waals surface area contributed by atoms with E-state index in [2.05, 4.69) is 45.4 Å². The third-order valence-electron chi connectivity index (χ3n) is 9.14. The average Bonchev–Trinajstić information content (AvgIpc) is 3.86. The number of hydrogen-bond donors (Lipinski definition) is 3. The molecule has 0 saturated heterocycles. The molecule has 2 aromatic rings. The Labute approximate surface area is 340 Å². The molecule has 3 N–H and O–H groups in total. The van der Waals surface area contributed by atoms with E-state index in [0.717, 1.165) is 22.8 Å². The van der Waals surface area contributed by atoms with E-state index in [-0.39, 0.29) is 80.5 Å². The number of methoxy groups -OCH3 is 2. The molecule has 0 unspecified atom stereocenters. The largest absolute Gasteiger partial charge is 0.464 e. The van der Waals surface area contributed by atoms with Crippen molar-refractivity contribution in [2.75, 3.05) is 14.2 Å². The van der Waals surface area contributed by atoms with Crippen LogP contribution in [-0.2, 0) is 19.1 Å². The molecule has 0 saturated carbocycles. The van der Waals surface area contributed by atoms with Gasteiger partial charge in [0.05, 0.1) is 19.2 Å². The molecule has 0 bridgehead atoms. The predicted octanol–water partition coefficient (Wildman–Crippen LogP) is 8.78. The van der Waals surface area contributed by atoms with Crippen LogP contribution in [0.5, 0.6) is 0 Å². The van der Waals surface area contributed by atoms with Crippen LogP contribution in [0.25, 0.3) is 20.9 Å². The van der Waals surface area contributed by atoms with Gasteiger partial charge in [0.25, 0.3) is 0 Å². The summed E-state index contributed by atoms with van der Waals surface area (Å²) in [6.07, 6.45) is 1.39. The van der Waals surface area contributed by atoms with E-state index in [1.165, 1.54) is 30.9 Å². The molecule has 19 heteroatoms. The summed E-state index contributed by atoms with van der Waals surface area (Å²) in [5.74, 6) is -1.47. The van der Waals surface area contributed by atoms with E-state index in [1.807, 2.05) is 62.3 Å². The van der Waals surface area contributed by atoms with E-state index in [9.17, 15) is 24.3 Å². The molecule has 2 amide bonds. The van der Waals surface area contributed by atoms with Gasteiger partial charge in [0.1, 0.15) is 23.2 Å². The molecule has 0 aromatic carbocycles. The van der Waals surface area contributed by atoms with Crippen molar-refractivity contribution in [3.8, 4) is 0 Å². The minimum atomic E-state index is -0.942. The maximum atomic E-state index is 12.6. The van der Waals surface area contributed by atoms with Crippen molar-refractivity contribution < 1.29 is 33.8 Å². The standard InChI is InChI=1S/C18H29N5O3S.C17H27N5O4S.2CH4/c1-7-11(4)15(22-23-19)16(24)20-13(10(2)3)8-12(5)17-21-14(9-27-17)18(25)26-6;1-6-10(4)14(21-22-18)15(24)19-11(9(2)3)7-13(23)16-20-12(8-27-16)17(25)26-5;;/h9-13,15H,7-8H2,1-6H3,(H,20,24);8-11,13-14,23H,6-7H2,1-5H3,(H,19,24);2*1H4/t11-,12+,13+,15-;10-,11+,13+,14-;;/m00../s1. The lowest BCUT2D eigenvalue weighted by Gasteiger charge is -2.27. The van der Waals surface area contributed by atoms with Gasteiger partial charge in [-0.3, -0.25) is 9.59 Å². The van der Waals surface area contributed by atoms with Crippen LogP contribution in [0.3, 0.4) is 0 Å². The molecule has 17 nitrogen and oxygen atoms in total. The van der Waals surface area contributed by atoms with Crippen molar-refractivity contribution >= 4 is 46.4 Å². The number of thiazole rings is 2. The Morgan fingerprint density at radius 2 is 1.11 bits per heavy atom. The Hall–Kier alpha value is -4.28. The highest BCUT2D eigenvalue weighted by atomic mass is 32.1. The number of rotatable bonds is 20. The van der Waals surface area contributed by atoms with Gasteiger partial charge in [0, 0.05) is 45.0 Å². The molecule has 316 valence electrons. The summed E-state index contributed by atoms with van der Waals surface area (Å²) in [6.45, 7) is 17.6. The highest BCUT2D eigenvalue weighted by Gasteiger charge is 2.30. The first kappa shape index (κ1) is 53.8. The van der Waals surface area contributed by atoms with Crippen LogP contribution in [0.2, 0.25) is 0 Å². The van der Waals surface area contributed by atoms with Gasteiger partial charge >= 0.3 is 11.9 Å². The Morgan fingerprint density at radius 1 is 0.732 bits per heavy atom. The number of azide groups is 2. The first-order valence-corrected chi connectivity index (χ1v) is 19.7. The second-order valence-corrected chi connectivity index (χ2v) is 15.6. The summed E-state index contributed by atoms with van der Waals surface area (Å²) in [5, 5.41) is 28.1. The van der Waals surface area contributed by atoms with Crippen molar-refractivity contribution in [2.45, 2.75) is 139 Å². The van der Waals surface area contributed by atoms with Gasteiger partial charge in [-0.2, -0.15) is 0 Å². The lowest BCUT2D eigenvalue weighted by atomic mass is 9.92. The van der Waals surface area contributed by atoms with E-state index in [4.69, 9.17) is 15.8 Å². The van der Waals surface area contributed by atoms with Crippen molar-refractivity contribution in [1.29, 1.82) is 0 Å². The SMILES string of the molecule is C.C.CC[C@H](C)[C@H](N=[N+]=[N-])C(=O)N[C@H](C[C@@H](C)c1nc(C(=O)OC)cs1)C(C)C.CC[C@H](C)[C@H](N=[N+]=[N-])C(=O)N[C@H](C[C@@H](O)c1nc(C(=O)OC)cs1)C(C)C. The predicted molar refractivity (Wildman–Crippen MR) is 221 cm³/mol. The third-order valence-corrected chi connectivity index (χ3v) is 11.2. The van der Waals surface area contributed by atoms with Crippen molar-refractivity contribution in [1.82, 2.24) is 20.6 Å². The number of amides is 2. The zero-order chi connectivity index (χ0) is 41.1. The summed E-state index contributed by atoms with van der Waals surface area (Å²) in [5.41, 5.74) is 17.9. The van der Waals surface area contributed by atoms with Crippen molar-refractivity contribution in [2.24, 2.45) is 33.9 Å². The molecule has 56 heavy (non-hydrogen) atoms. The third kappa shape index (κ3) is 16.8. The molecule has 0 fully saturated rings. The van der Waals surface area contributed by atoms with Crippen LogP contribution in [0, 0.1) is 23.7 Å². The number of aromatic nitrogens is 2. The Morgan fingerprint density at radius 3 is 1.46 bits per heavy atom. The van der Waals surface area contributed by atoms with Gasteiger partial charge in [-0.1, -0.05) is 100 Å². The van der Waals surface area contributed by atoms with Gasteiger partial charge in [-0.15, -0.1) is 22.7 Å². The Bertz CT molecular complexity index is 1490. The molecule has 0 aliphatic carbocycles. The molecular weight excluding hydrogens is 761 g/mol.